The van der Waals surface area contributed by atoms with Crippen molar-refractivity contribution in [3.63, 3.8) is 0 Å². The maximum Gasteiger partial charge on any atom is 0.324 e. The Morgan fingerprint density at radius 2 is 1.89 bits per heavy atom. The maximum absolute atomic E-state index is 14.8. The number of fused-ring (bicyclic) bond motifs is 7. The molecule has 0 radical (unpaired) electrons. The van der Waals surface area contributed by atoms with E-state index in [0.29, 0.717) is 64.3 Å². The number of piperazine rings is 1. The molecule has 0 unspecified atom stereocenters. The molecule has 0 aliphatic carbocycles. The highest BCUT2D eigenvalue weighted by molar-refractivity contribution is 7.10. The van der Waals surface area contributed by atoms with Crippen LogP contribution in [0, 0.1) is 11.3 Å². The number of anilines is 1. The lowest BCUT2D eigenvalue weighted by atomic mass is 9.84. The van der Waals surface area contributed by atoms with Gasteiger partial charge in [0.05, 0.1) is 61.0 Å². The van der Waals surface area contributed by atoms with Crippen LogP contribution in [0.3, 0.4) is 0 Å². The number of carbonyl (C=O) groups excluding carboxylic acids is 3. The first kappa shape index (κ1) is 51.1. The number of pyridine rings is 1. The number of urea groups is 1. The van der Waals surface area contributed by atoms with Crippen LogP contribution in [0.2, 0.25) is 0 Å². The molecule has 1 aromatic carbocycles. The number of rotatable bonds is 12. The van der Waals surface area contributed by atoms with E-state index < -0.39 is 54.5 Å². The van der Waals surface area contributed by atoms with Crippen LogP contribution in [0.25, 0.3) is 33.4 Å². The summed E-state index contributed by atoms with van der Waals surface area (Å²) in [5.41, 5.74) is 9.39. The molecule has 6 atom stereocenters. The van der Waals surface area contributed by atoms with Gasteiger partial charge in [0.2, 0.25) is 0 Å². The number of likely N-dealkylation sites (N-methyl/N-ethyl adjacent to an activating group) is 1. The van der Waals surface area contributed by atoms with E-state index in [9.17, 15) is 23.2 Å². The summed E-state index contributed by atoms with van der Waals surface area (Å²) in [6, 6.07) is 5.42. The Morgan fingerprint density at radius 3 is 2.63 bits per heavy atom. The minimum absolute atomic E-state index is 0.00122. The van der Waals surface area contributed by atoms with E-state index in [0.717, 1.165) is 70.8 Å². The number of amides is 3. The number of likely N-dealkylation sites (tertiary alicyclic amines) is 1. The molecular weight excluding hydrogens is 937 g/mol. The highest BCUT2D eigenvalue weighted by atomic mass is 32.1. The lowest BCUT2D eigenvalue weighted by Gasteiger charge is -2.50. The standard InChI is InChI=1S/C51H69F2N9O8S/c1-30(2)68-20-18-60-41-11-10-32-21-35(41)37(45(60)36-22-34(24-54-43(36)31(3)66-7)59-16-14-58(6)15-17-59)23-51(4,5)29-70-49(64)38-9-8-13-62(57-38)48(63)44(46(69-27-42(52)53)47-55-39(32)28-71-47)56-50(65)61-25-33-26-67-19-12-40(33)61/h10-11,21-22,24,28,30-31,33,38,40,42,44,46,57H,8-9,12-20,23,25-27,29H2,1-7H3,(H,56,65)/t31-,33+,38-,40-,44-,46-/m0/s1. The van der Waals surface area contributed by atoms with Gasteiger partial charge in [-0.05, 0) is 77.3 Å². The predicted octanol–water partition coefficient (Wildman–Crippen LogP) is 6.45. The number of esters is 1. The number of cyclic esters (lactones) is 1. The van der Waals surface area contributed by atoms with Crippen molar-refractivity contribution in [3.8, 4) is 22.5 Å². The summed E-state index contributed by atoms with van der Waals surface area (Å²) in [4.78, 5) is 59.7. The number of aromatic nitrogens is 3. The van der Waals surface area contributed by atoms with Gasteiger partial charge in [0.1, 0.15) is 29.8 Å². The molecule has 4 fully saturated rings. The first-order chi connectivity index (χ1) is 34.1. The molecule has 8 heterocycles. The fraction of sp³-hybridized carbons (Fsp3) is 0.627. The van der Waals surface area contributed by atoms with Gasteiger partial charge in [-0.25, -0.2) is 24.0 Å². The Bertz CT molecular complexity index is 2550. The van der Waals surface area contributed by atoms with Crippen LogP contribution >= 0.6 is 11.3 Å². The van der Waals surface area contributed by atoms with Crippen LogP contribution in [0.1, 0.15) is 82.4 Å². The van der Waals surface area contributed by atoms with Gasteiger partial charge in [0.25, 0.3) is 12.3 Å². The highest BCUT2D eigenvalue weighted by Crippen LogP contribution is 2.44. The van der Waals surface area contributed by atoms with Crippen molar-refractivity contribution in [1.29, 1.82) is 0 Å². The molecule has 0 spiro atoms. The summed E-state index contributed by atoms with van der Waals surface area (Å²) >= 11 is 1.17. The number of nitrogens with zero attached hydrogens (tertiary/aromatic N) is 7. The molecule has 4 saturated heterocycles. The fourth-order valence-corrected chi connectivity index (χ4v) is 11.5. The summed E-state index contributed by atoms with van der Waals surface area (Å²) in [7, 11) is 3.82. The third kappa shape index (κ3) is 11.1. The fourth-order valence-electron chi connectivity index (χ4n) is 10.6. The normalized spacial score (nSPS) is 24.7. The number of halogens is 2. The van der Waals surface area contributed by atoms with Crippen molar-refractivity contribution in [3.05, 3.63) is 52.1 Å². The molecular formula is C51H69F2N9O8S. The SMILES string of the molecule is CO[C@@H](C)c1ncc(N2CCN(C)CC2)cc1-c1c2c3cc(ccc3n1CCOC(C)C)-c1csc(n1)[C@@H](OCC(F)F)[C@H](NC(=O)N1C[C@@H]3COCC[C@@H]31)C(=O)N1CCC[C@H](N1)C(=O)OCC(C)(C)C2. The van der Waals surface area contributed by atoms with E-state index in [-0.39, 0.29) is 42.3 Å². The largest absolute Gasteiger partial charge is 0.464 e. The summed E-state index contributed by atoms with van der Waals surface area (Å²) in [5.74, 6) is -1.01. The number of benzene rings is 1. The number of alkyl halides is 2. The molecule has 4 aromatic rings. The van der Waals surface area contributed by atoms with Crippen LogP contribution < -0.4 is 15.6 Å². The molecule has 9 rings (SSSR count). The number of thiazole rings is 1. The Balaban J connectivity index is 1.20. The number of ether oxygens (including phenoxy) is 5. The molecule has 5 aliphatic rings. The van der Waals surface area contributed by atoms with Crippen LogP contribution in [-0.2, 0) is 46.2 Å². The van der Waals surface area contributed by atoms with Gasteiger partial charge in [0, 0.05) is 104 Å². The molecule has 0 saturated carbocycles. The number of hydrazine groups is 1. The quantitative estimate of drug-likeness (QED) is 0.149. The molecule has 71 heavy (non-hydrogen) atoms. The summed E-state index contributed by atoms with van der Waals surface area (Å²) in [5, 5.41) is 7.19. The van der Waals surface area contributed by atoms with E-state index in [4.69, 9.17) is 33.7 Å². The highest BCUT2D eigenvalue weighted by Gasteiger charge is 2.47. The second kappa shape index (κ2) is 21.7. The monoisotopic (exact) mass is 1010 g/mol. The summed E-state index contributed by atoms with van der Waals surface area (Å²) < 4.78 is 60.6. The van der Waals surface area contributed by atoms with Crippen molar-refractivity contribution in [2.45, 2.75) is 110 Å². The van der Waals surface area contributed by atoms with E-state index in [1.54, 1.807) is 12.0 Å². The van der Waals surface area contributed by atoms with Crippen molar-refractivity contribution in [2.24, 2.45) is 11.3 Å². The van der Waals surface area contributed by atoms with Gasteiger partial charge in [-0.3, -0.25) is 19.6 Å². The van der Waals surface area contributed by atoms with E-state index in [1.807, 2.05) is 38.4 Å². The average molecular weight is 1010 g/mol. The zero-order valence-corrected chi connectivity index (χ0v) is 42.8. The molecule has 386 valence electrons. The third-order valence-electron chi connectivity index (χ3n) is 14.5. The number of hydrogen-bond acceptors (Lipinski definition) is 14. The van der Waals surface area contributed by atoms with Crippen LogP contribution in [0.5, 0.6) is 0 Å². The smallest absolute Gasteiger partial charge is 0.324 e. The summed E-state index contributed by atoms with van der Waals surface area (Å²) in [6.45, 7) is 15.4. The number of hydrogen-bond donors (Lipinski definition) is 2. The number of methoxy groups -OCH3 is 1. The van der Waals surface area contributed by atoms with Gasteiger partial charge < -0.3 is 48.3 Å². The maximum atomic E-state index is 14.8. The minimum Gasteiger partial charge on any atom is -0.464 e. The van der Waals surface area contributed by atoms with Gasteiger partial charge >= 0.3 is 12.0 Å². The molecule has 5 aliphatic heterocycles. The number of nitrogens with one attached hydrogen (secondary N) is 2. The van der Waals surface area contributed by atoms with Gasteiger partial charge in [-0.1, -0.05) is 19.9 Å². The Labute approximate surface area is 418 Å². The van der Waals surface area contributed by atoms with Gasteiger partial charge in [-0.15, -0.1) is 11.3 Å². The molecule has 17 nitrogen and oxygen atoms in total. The molecule has 6 bridgehead atoms. The van der Waals surface area contributed by atoms with Crippen LogP contribution in [0.15, 0.2) is 35.8 Å². The lowest BCUT2D eigenvalue weighted by molar-refractivity contribution is -0.156. The Kier molecular flexibility index (Phi) is 15.6. The van der Waals surface area contributed by atoms with Crippen molar-refractivity contribution in [2.75, 3.05) is 91.4 Å². The van der Waals surface area contributed by atoms with Crippen LogP contribution in [-0.4, -0.2) is 164 Å². The molecule has 20 heteroatoms. The lowest BCUT2D eigenvalue weighted by Crippen LogP contribution is -2.67. The second-order valence-electron chi connectivity index (χ2n) is 20.7. The minimum atomic E-state index is -2.88. The van der Waals surface area contributed by atoms with E-state index in [1.165, 1.54) is 16.3 Å². The zero-order valence-electron chi connectivity index (χ0n) is 42.0. The average Bonchev–Trinajstić information content (AvgIpc) is 3.95. The second-order valence-corrected chi connectivity index (χ2v) is 21.6. The van der Waals surface area contributed by atoms with E-state index >= 15 is 0 Å². The molecule has 3 amide bonds. The first-order valence-corrected chi connectivity index (χ1v) is 25.9. The first-order valence-electron chi connectivity index (χ1n) is 25.1. The number of carbonyl (C=O) groups is 3. The van der Waals surface area contributed by atoms with Gasteiger partial charge in [0.15, 0.2) is 0 Å². The van der Waals surface area contributed by atoms with E-state index in [2.05, 4.69) is 64.2 Å². The Morgan fingerprint density at radius 1 is 1.08 bits per heavy atom. The van der Waals surface area contributed by atoms with Crippen molar-refractivity contribution < 1.29 is 46.8 Å². The van der Waals surface area contributed by atoms with Crippen molar-refractivity contribution in [1.82, 2.24) is 40.1 Å². The van der Waals surface area contributed by atoms with Crippen LogP contribution in [0.4, 0.5) is 19.3 Å². The molecule has 2 N–H and O–H groups in total. The predicted molar refractivity (Wildman–Crippen MR) is 265 cm³/mol. The molecule has 3 aromatic heterocycles. The van der Waals surface area contributed by atoms with Crippen molar-refractivity contribution >= 4 is 45.8 Å². The summed E-state index contributed by atoms with van der Waals surface area (Å²) in [6.07, 6.45) is -0.754. The topological polar surface area (TPSA) is 165 Å². The van der Waals surface area contributed by atoms with Gasteiger partial charge in [-0.2, -0.15) is 0 Å². The third-order valence-corrected chi connectivity index (χ3v) is 15.4. The Hall–Kier alpha value is -4.83. The zero-order chi connectivity index (χ0) is 50.1.